The normalized spacial score (nSPS) is 19.1. The van der Waals surface area contributed by atoms with Crippen LogP contribution in [0, 0.1) is 12.3 Å². The molecule has 3 rings (SSSR count). The third kappa shape index (κ3) is 6.62. The Hall–Kier alpha value is -3.87. The Morgan fingerprint density at radius 1 is 1.11 bits per heavy atom. The fourth-order valence-electron chi connectivity index (χ4n) is 4.02. The average Bonchev–Trinajstić information content (AvgIpc) is 3.24. The van der Waals surface area contributed by atoms with Gasteiger partial charge in [0.15, 0.2) is 0 Å². The van der Waals surface area contributed by atoms with Crippen molar-refractivity contribution in [1.29, 1.82) is 0 Å². The Balaban J connectivity index is 1.73. The predicted octanol–water partition coefficient (Wildman–Crippen LogP) is 1.73. The first-order valence-electron chi connectivity index (χ1n) is 11.6. The van der Waals surface area contributed by atoms with Crippen LogP contribution in [0.25, 0.3) is 0 Å². The molecule has 0 spiro atoms. The number of nitrogens with zero attached hydrogens (tertiary/aromatic N) is 1. The summed E-state index contributed by atoms with van der Waals surface area (Å²) in [5, 5.41) is 26.2. The molecule has 3 amide bonds. The number of terminal acetylenes is 1. The van der Waals surface area contributed by atoms with E-state index in [1.807, 2.05) is 0 Å². The highest BCUT2D eigenvalue weighted by atomic mass is 16.6. The number of β-amino-alcohol motifs (C(OH)–C–C–N with tert-alkyl or cyclic N) is 1. The van der Waals surface area contributed by atoms with Gasteiger partial charge in [-0.3, -0.25) is 9.59 Å². The second-order valence-electron chi connectivity index (χ2n) is 9.33. The number of carbonyl (C=O) groups excluding carboxylic acids is 3. The monoisotopic (exact) mass is 493 g/mol. The van der Waals surface area contributed by atoms with Crippen molar-refractivity contribution in [3.63, 3.8) is 0 Å². The molecule has 0 radical (unpaired) electrons. The summed E-state index contributed by atoms with van der Waals surface area (Å²) in [7, 11) is 0. The van der Waals surface area contributed by atoms with Gasteiger partial charge in [0.05, 0.1) is 17.7 Å². The molecular weight excluding hydrogens is 462 g/mol. The highest BCUT2D eigenvalue weighted by molar-refractivity contribution is 5.93. The zero-order valence-electron chi connectivity index (χ0n) is 20.5. The Morgan fingerprint density at radius 2 is 1.75 bits per heavy atom. The molecule has 4 N–H and O–H groups in total. The predicted molar refractivity (Wildman–Crippen MR) is 133 cm³/mol. The lowest BCUT2D eigenvalue weighted by atomic mass is 9.97. The molecule has 1 aliphatic rings. The van der Waals surface area contributed by atoms with Gasteiger partial charge in [0.2, 0.25) is 11.8 Å². The van der Waals surface area contributed by atoms with E-state index in [9.17, 15) is 24.6 Å². The first kappa shape index (κ1) is 26.7. The molecule has 36 heavy (non-hydrogen) atoms. The van der Waals surface area contributed by atoms with Gasteiger partial charge in [-0.25, -0.2) is 4.79 Å². The van der Waals surface area contributed by atoms with E-state index in [0.717, 1.165) is 5.56 Å². The summed E-state index contributed by atoms with van der Waals surface area (Å²) < 4.78 is 5.19. The number of aliphatic hydroxyl groups excluding tert-OH is 1. The van der Waals surface area contributed by atoms with Crippen LogP contribution in [0.1, 0.15) is 44.4 Å². The summed E-state index contributed by atoms with van der Waals surface area (Å²) in [6, 6.07) is 12.6. The maximum absolute atomic E-state index is 13.5. The van der Waals surface area contributed by atoms with Crippen LogP contribution in [-0.2, 0) is 9.59 Å². The Labute approximate surface area is 210 Å². The first-order chi connectivity index (χ1) is 17.0. The highest BCUT2D eigenvalue weighted by Crippen LogP contribution is 2.24. The minimum atomic E-state index is -1.69. The van der Waals surface area contributed by atoms with Gasteiger partial charge in [-0.05, 0) is 50.6 Å². The van der Waals surface area contributed by atoms with Gasteiger partial charge in [-0.2, -0.15) is 0 Å². The van der Waals surface area contributed by atoms with Crippen LogP contribution < -0.4 is 15.4 Å². The van der Waals surface area contributed by atoms with Gasteiger partial charge in [0.25, 0.3) is 0 Å². The van der Waals surface area contributed by atoms with Crippen LogP contribution in [0.3, 0.4) is 0 Å². The van der Waals surface area contributed by atoms with Crippen LogP contribution >= 0.6 is 0 Å². The number of likely N-dealkylation sites (tertiary alicyclic amines) is 1. The second-order valence-corrected chi connectivity index (χ2v) is 9.33. The standard InChI is InChI=1S/C27H31N3O6/c1-5-18-11-13-19(14-12-18)17(2)28-24(32)22-15-20(31)16-30(22)25(33)23(27(3,4)35)29-26(34)36-21-9-7-6-8-10-21/h1,6-14,17,20,22-23,31,35H,15-16H2,2-4H3,(H,28,32)(H,29,34)/t17?,20-,22+,23?/m1/s1. The average molecular weight is 494 g/mol. The number of ether oxygens (including phenoxy) is 1. The molecule has 1 aliphatic heterocycles. The van der Waals surface area contributed by atoms with Crippen LogP contribution in [0.15, 0.2) is 54.6 Å². The third-order valence-electron chi connectivity index (χ3n) is 5.97. The van der Waals surface area contributed by atoms with E-state index in [-0.39, 0.29) is 24.8 Å². The molecule has 1 heterocycles. The molecule has 0 aromatic heterocycles. The van der Waals surface area contributed by atoms with E-state index in [1.54, 1.807) is 61.5 Å². The fraction of sp³-hybridized carbons (Fsp3) is 0.370. The van der Waals surface area contributed by atoms with Crippen molar-refractivity contribution in [2.24, 2.45) is 0 Å². The number of aliphatic hydroxyl groups is 2. The lowest BCUT2D eigenvalue weighted by Gasteiger charge is -2.34. The summed E-state index contributed by atoms with van der Waals surface area (Å²) in [6.07, 6.45) is 3.53. The van der Waals surface area contributed by atoms with Crippen molar-refractivity contribution < 1.29 is 29.3 Å². The van der Waals surface area contributed by atoms with Crippen LogP contribution in [0.2, 0.25) is 0 Å². The van der Waals surface area contributed by atoms with Crippen molar-refractivity contribution in [2.45, 2.75) is 57.0 Å². The number of benzene rings is 2. The zero-order valence-corrected chi connectivity index (χ0v) is 20.5. The molecule has 4 atom stereocenters. The topological polar surface area (TPSA) is 128 Å². The Bertz CT molecular complexity index is 1120. The lowest BCUT2D eigenvalue weighted by molar-refractivity contribution is -0.144. The molecule has 2 aromatic carbocycles. The molecule has 1 saturated heterocycles. The van der Waals surface area contributed by atoms with E-state index < -0.39 is 41.7 Å². The summed E-state index contributed by atoms with van der Waals surface area (Å²) in [5.41, 5.74) is -0.157. The molecule has 2 unspecified atom stereocenters. The maximum Gasteiger partial charge on any atom is 0.413 e. The van der Waals surface area contributed by atoms with Crippen molar-refractivity contribution in [2.75, 3.05) is 6.54 Å². The summed E-state index contributed by atoms with van der Waals surface area (Å²) in [4.78, 5) is 40.2. The Morgan fingerprint density at radius 3 is 2.33 bits per heavy atom. The van der Waals surface area contributed by atoms with Crippen molar-refractivity contribution in [3.8, 4) is 18.1 Å². The van der Waals surface area contributed by atoms with Crippen molar-refractivity contribution in [3.05, 3.63) is 65.7 Å². The second kappa shape index (κ2) is 11.2. The smallest absolute Gasteiger partial charge is 0.410 e. The first-order valence-corrected chi connectivity index (χ1v) is 11.6. The van der Waals surface area contributed by atoms with E-state index in [0.29, 0.717) is 5.56 Å². The number of nitrogens with one attached hydrogen (secondary N) is 2. The Kier molecular flexibility index (Phi) is 8.35. The van der Waals surface area contributed by atoms with Crippen molar-refractivity contribution >= 4 is 17.9 Å². The van der Waals surface area contributed by atoms with E-state index >= 15 is 0 Å². The molecular formula is C27H31N3O6. The van der Waals surface area contributed by atoms with Gasteiger partial charge >= 0.3 is 6.09 Å². The summed E-state index contributed by atoms with van der Waals surface area (Å²) >= 11 is 0. The van der Waals surface area contributed by atoms with Crippen LogP contribution in [0.4, 0.5) is 4.79 Å². The molecule has 2 aromatic rings. The number of hydrogen-bond donors (Lipinski definition) is 4. The lowest BCUT2D eigenvalue weighted by Crippen LogP contribution is -2.61. The number of para-hydroxylation sites is 1. The molecule has 9 nitrogen and oxygen atoms in total. The fourth-order valence-corrected chi connectivity index (χ4v) is 4.02. The van der Waals surface area contributed by atoms with E-state index in [1.165, 1.54) is 18.7 Å². The summed E-state index contributed by atoms with van der Waals surface area (Å²) in [6.45, 7) is 4.40. The molecule has 0 bridgehead atoms. The van der Waals surface area contributed by atoms with E-state index in [2.05, 4.69) is 16.6 Å². The number of hydrogen-bond acceptors (Lipinski definition) is 6. The SMILES string of the molecule is C#Cc1ccc(C(C)NC(=O)[C@@H]2C[C@@H](O)CN2C(=O)C(NC(=O)Oc2ccccc2)C(C)(C)O)cc1. The van der Waals surface area contributed by atoms with Crippen molar-refractivity contribution in [1.82, 2.24) is 15.5 Å². The van der Waals surface area contributed by atoms with Crippen LogP contribution in [0.5, 0.6) is 5.75 Å². The molecule has 9 heteroatoms. The minimum absolute atomic E-state index is 0.0212. The van der Waals surface area contributed by atoms with Gasteiger partial charge in [0, 0.05) is 18.5 Å². The molecule has 0 aliphatic carbocycles. The van der Waals surface area contributed by atoms with Gasteiger partial charge in [0.1, 0.15) is 17.8 Å². The van der Waals surface area contributed by atoms with Gasteiger partial charge in [-0.1, -0.05) is 36.3 Å². The maximum atomic E-state index is 13.5. The van der Waals surface area contributed by atoms with Gasteiger partial charge < -0.3 is 30.5 Å². The highest BCUT2D eigenvalue weighted by Gasteiger charge is 2.45. The van der Waals surface area contributed by atoms with Crippen LogP contribution in [-0.4, -0.2) is 63.4 Å². The van der Waals surface area contributed by atoms with Gasteiger partial charge in [-0.15, -0.1) is 6.42 Å². The zero-order chi connectivity index (χ0) is 26.5. The summed E-state index contributed by atoms with van der Waals surface area (Å²) in [5.74, 6) is 1.62. The molecule has 190 valence electrons. The number of rotatable bonds is 7. The van der Waals surface area contributed by atoms with E-state index in [4.69, 9.17) is 11.2 Å². The molecule has 0 saturated carbocycles. The molecule has 1 fully saturated rings. The largest absolute Gasteiger partial charge is 0.413 e. The number of carbonyl (C=O) groups is 3. The number of amides is 3. The third-order valence-corrected chi connectivity index (χ3v) is 5.97. The minimum Gasteiger partial charge on any atom is -0.410 e. The quantitative estimate of drug-likeness (QED) is 0.435.